The molecular weight excluding hydrogens is 242 g/mol. The molecule has 0 spiro atoms. The van der Waals surface area contributed by atoms with E-state index in [0.717, 1.165) is 30.6 Å². The maximum atomic E-state index is 11.3. The third kappa shape index (κ3) is 2.81. The van der Waals surface area contributed by atoms with Gasteiger partial charge in [0.25, 0.3) is 0 Å². The number of aliphatic hydroxyl groups is 1. The first kappa shape index (κ1) is 14.1. The summed E-state index contributed by atoms with van der Waals surface area (Å²) >= 11 is 0. The number of aliphatic hydroxyl groups excluding tert-OH is 1. The summed E-state index contributed by atoms with van der Waals surface area (Å²) in [6.07, 6.45) is 6.87. The smallest absolute Gasteiger partial charge is 0.155 e. The molecule has 0 atom stereocenters. The van der Waals surface area contributed by atoms with E-state index in [-0.39, 0.29) is 6.61 Å². The summed E-state index contributed by atoms with van der Waals surface area (Å²) in [5, 5.41) is 13.7. The Labute approximate surface area is 114 Å². The summed E-state index contributed by atoms with van der Waals surface area (Å²) in [5.41, 5.74) is 1.41. The van der Waals surface area contributed by atoms with Gasteiger partial charge in [-0.25, -0.2) is 0 Å². The second-order valence-electron chi connectivity index (χ2n) is 5.27. The molecule has 5 heteroatoms. The Morgan fingerprint density at radius 2 is 2.11 bits per heavy atom. The fourth-order valence-corrected chi connectivity index (χ4v) is 3.10. The minimum atomic E-state index is 0.0963. The predicted octanol–water partition coefficient (Wildman–Crippen LogP) is 1.67. The monoisotopic (exact) mass is 265 g/mol. The van der Waals surface area contributed by atoms with Crippen LogP contribution < -0.4 is 4.90 Å². The van der Waals surface area contributed by atoms with Crippen LogP contribution in [0.25, 0.3) is 0 Å². The van der Waals surface area contributed by atoms with Crippen LogP contribution in [0, 0.1) is 6.92 Å². The van der Waals surface area contributed by atoms with Crippen molar-refractivity contribution in [1.82, 2.24) is 9.78 Å². The molecule has 0 radical (unpaired) electrons. The Balaban J connectivity index is 2.34. The molecule has 1 saturated carbocycles. The van der Waals surface area contributed by atoms with E-state index in [0.29, 0.717) is 18.2 Å². The van der Waals surface area contributed by atoms with Crippen LogP contribution in [-0.4, -0.2) is 40.4 Å². The highest BCUT2D eigenvalue weighted by atomic mass is 16.3. The highest BCUT2D eigenvalue weighted by molar-refractivity contribution is 5.84. The minimum Gasteiger partial charge on any atom is -0.395 e. The number of aromatic nitrogens is 2. The maximum absolute atomic E-state index is 11.3. The predicted molar refractivity (Wildman–Crippen MR) is 74.6 cm³/mol. The number of aldehydes is 1. The van der Waals surface area contributed by atoms with E-state index in [2.05, 4.69) is 10.00 Å². The van der Waals surface area contributed by atoms with Crippen molar-refractivity contribution in [3.8, 4) is 0 Å². The van der Waals surface area contributed by atoms with Crippen LogP contribution in [0.3, 0.4) is 0 Å². The lowest BCUT2D eigenvalue weighted by molar-refractivity contribution is 0.112. The van der Waals surface area contributed by atoms with Crippen LogP contribution in [0.5, 0.6) is 0 Å². The molecule has 1 fully saturated rings. The van der Waals surface area contributed by atoms with Gasteiger partial charge in [0.05, 0.1) is 17.9 Å². The molecule has 5 nitrogen and oxygen atoms in total. The number of hydrogen-bond donors (Lipinski definition) is 1. The van der Waals surface area contributed by atoms with Crippen LogP contribution in [0.2, 0.25) is 0 Å². The van der Waals surface area contributed by atoms with Crippen molar-refractivity contribution in [3.05, 3.63) is 11.3 Å². The van der Waals surface area contributed by atoms with Gasteiger partial charge in [-0.2, -0.15) is 5.10 Å². The van der Waals surface area contributed by atoms with E-state index >= 15 is 0 Å². The number of carbonyl (C=O) groups is 1. The zero-order valence-electron chi connectivity index (χ0n) is 11.8. The van der Waals surface area contributed by atoms with Gasteiger partial charge in [-0.05, 0) is 19.8 Å². The largest absolute Gasteiger partial charge is 0.395 e. The molecule has 19 heavy (non-hydrogen) atoms. The van der Waals surface area contributed by atoms with Crippen LogP contribution in [0.15, 0.2) is 0 Å². The van der Waals surface area contributed by atoms with Crippen LogP contribution >= 0.6 is 0 Å². The molecule has 106 valence electrons. The molecule has 2 rings (SSSR count). The third-order valence-electron chi connectivity index (χ3n) is 3.98. The normalized spacial score (nSPS) is 16.6. The van der Waals surface area contributed by atoms with Gasteiger partial charge in [-0.1, -0.05) is 19.3 Å². The van der Waals surface area contributed by atoms with E-state index in [9.17, 15) is 9.90 Å². The molecular formula is C14H23N3O2. The van der Waals surface area contributed by atoms with Gasteiger partial charge < -0.3 is 10.0 Å². The highest BCUT2D eigenvalue weighted by Gasteiger charge is 2.26. The van der Waals surface area contributed by atoms with E-state index < -0.39 is 0 Å². The van der Waals surface area contributed by atoms with E-state index in [1.54, 1.807) is 4.68 Å². The number of carbonyl (C=O) groups excluding carboxylic acids is 1. The first-order chi connectivity index (χ1) is 9.19. The minimum absolute atomic E-state index is 0.0963. The summed E-state index contributed by atoms with van der Waals surface area (Å²) in [6, 6.07) is 0.411. The number of aryl methyl sites for hydroxylation is 2. The third-order valence-corrected chi connectivity index (χ3v) is 3.98. The van der Waals surface area contributed by atoms with Crippen molar-refractivity contribution in [2.24, 2.45) is 7.05 Å². The molecule has 0 bridgehead atoms. The van der Waals surface area contributed by atoms with Crippen molar-refractivity contribution >= 4 is 12.1 Å². The zero-order valence-corrected chi connectivity index (χ0v) is 11.8. The van der Waals surface area contributed by atoms with Crippen LogP contribution in [0.1, 0.15) is 48.2 Å². The van der Waals surface area contributed by atoms with Gasteiger partial charge in [0.1, 0.15) is 5.82 Å². The van der Waals surface area contributed by atoms with E-state index in [4.69, 9.17) is 0 Å². The van der Waals surface area contributed by atoms with Gasteiger partial charge in [0.2, 0.25) is 0 Å². The Kier molecular flexibility index (Phi) is 4.58. The summed E-state index contributed by atoms with van der Waals surface area (Å²) < 4.78 is 1.77. The van der Waals surface area contributed by atoms with Crippen molar-refractivity contribution in [3.63, 3.8) is 0 Å². The SMILES string of the molecule is Cc1nn(C)c(N(CCO)C2CCCCC2)c1C=O. The Morgan fingerprint density at radius 1 is 1.42 bits per heavy atom. The number of nitrogens with zero attached hydrogens (tertiary/aromatic N) is 3. The van der Waals surface area contributed by atoms with Gasteiger partial charge in [0, 0.05) is 19.6 Å². The summed E-state index contributed by atoms with van der Waals surface area (Å²) in [4.78, 5) is 13.5. The average molecular weight is 265 g/mol. The second-order valence-corrected chi connectivity index (χ2v) is 5.27. The molecule has 0 aliphatic heterocycles. The molecule has 0 amide bonds. The number of rotatable bonds is 5. The van der Waals surface area contributed by atoms with Crippen LogP contribution in [0.4, 0.5) is 5.82 Å². The molecule has 1 aromatic heterocycles. The Hall–Kier alpha value is -1.36. The molecule has 1 aromatic rings. The van der Waals surface area contributed by atoms with Crippen molar-refractivity contribution in [2.45, 2.75) is 45.1 Å². The van der Waals surface area contributed by atoms with E-state index in [1.165, 1.54) is 19.3 Å². The molecule has 0 saturated heterocycles. The molecule has 1 aliphatic carbocycles. The summed E-state index contributed by atoms with van der Waals surface area (Å²) in [5.74, 6) is 0.855. The Bertz CT molecular complexity index is 436. The number of anilines is 1. The van der Waals surface area contributed by atoms with Gasteiger partial charge in [-0.3, -0.25) is 9.48 Å². The standard InChI is InChI=1S/C14H23N3O2/c1-11-13(10-19)14(16(2)15-11)17(8-9-18)12-6-4-3-5-7-12/h10,12,18H,3-9H2,1-2H3. The van der Waals surface area contributed by atoms with Crippen molar-refractivity contribution in [1.29, 1.82) is 0 Å². The van der Waals surface area contributed by atoms with Crippen molar-refractivity contribution in [2.75, 3.05) is 18.1 Å². The van der Waals surface area contributed by atoms with Crippen LogP contribution in [-0.2, 0) is 7.05 Å². The molecule has 0 unspecified atom stereocenters. The number of hydrogen-bond acceptors (Lipinski definition) is 4. The quantitative estimate of drug-likeness (QED) is 0.823. The van der Waals surface area contributed by atoms with Gasteiger partial charge in [0.15, 0.2) is 6.29 Å². The maximum Gasteiger partial charge on any atom is 0.155 e. The van der Waals surface area contributed by atoms with E-state index in [1.807, 2.05) is 14.0 Å². The molecule has 1 N–H and O–H groups in total. The summed E-state index contributed by atoms with van der Waals surface area (Å²) in [7, 11) is 1.86. The van der Waals surface area contributed by atoms with Crippen molar-refractivity contribution < 1.29 is 9.90 Å². The summed E-state index contributed by atoms with van der Waals surface area (Å²) in [6.45, 7) is 2.51. The first-order valence-electron chi connectivity index (χ1n) is 7.05. The lowest BCUT2D eigenvalue weighted by Crippen LogP contribution is -2.40. The highest BCUT2D eigenvalue weighted by Crippen LogP contribution is 2.29. The fourth-order valence-electron chi connectivity index (χ4n) is 3.10. The fraction of sp³-hybridized carbons (Fsp3) is 0.714. The Morgan fingerprint density at radius 3 is 2.68 bits per heavy atom. The first-order valence-corrected chi connectivity index (χ1v) is 7.05. The average Bonchev–Trinajstić information content (AvgIpc) is 2.71. The molecule has 0 aromatic carbocycles. The second kappa shape index (κ2) is 6.19. The zero-order chi connectivity index (χ0) is 13.8. The molecule has 1 aliphatic rings. The topological polar surface area (TPSA) is 58.4 Å². The molecule has 1 heterocycles. The lowest BCUT2D eigenvalue weighted by Gasteiger charge is -2.35. The van der Waals surface area contributed by atoms with Gasteiger partial charge >= 0.3 is 0 Å². The lowest BCUT2D eigenvalue weighted by atomic mass is 9.94. The van der Waals surface area contributed by atoms with Gasteiger partial charge in [-0.15, -0.1) is 0 Å².